The van der Waals surface area contributed by atoms with E-state index in [2.05, 4.69) is 274 Å². The fourth-order valence-corrected chi connectivity index (χ4v) is 18.4. The minimum Gasteiger partial charge on any atom is -0.355 e. The van der Waals surface area contributed by atoms with Gasteiger partial charge in [-0.25, -0.2) is 0 Å². The van der Waals surface area contributed by atoms with Crippen molar-refractivity contribution in [2.45, 2.75) is 9.79 Å². The molecule has 0 saturated heterocycles. The molecular weight excluding hydrogens is 944 g/mol. The molecule has 0 amide bonds. The average Bonchev–Trinajstić information content (AvgIpc) is 4.10. The Morgan fingerprint density at radius 3 is 1.53 bits per heavy atom. The first-order chi connectivity index (χ1) is 36.1. The molecule has 1 N–H and O–H groups in total. The van der Waals surface area contributed by atoms with Crippen LogP contribution >= 0.6 is 30.5 Å². The summed E-state index contributed by atoms with van der Waals surface area (Å²) in [6, 6.07) is 93.2. The van der Waals surface area contributed by atoms with E-state index < -0.39 is 6.46 Å². The van der Waals surface area contributed by atoms with Crippen molar-refractivity contribution in [3.05, 3.63) is 255 Å². The molecule has 15 rings (SSSR count). The zero-order valence-corrected chi connectivity index (χ0v) is 42.0. The van der Waals surface area contributed by atoms with Gasteiger partial charge in [0.05, 0.1) is 42.9 Å². The molecule has 0 aliphatic carbocycles. The van der Waals surface area contributed by atoms with Gasteiger partial charge in [0.15, 0.2) is 6.46 Å². The first-order valence-corrected chi connectivity index (χ1v) is 28.5. The lowest BCUT2D eigenvalue weighted by Crippen LogP contribution is -2.32. The molecule has 4 heterocycles. The number of rotatable bonds is 7. The van der Waals surface area contributed by atoms with E-state index in [-0.39, 0.29) is 0 Å². The quantitative estimate of drug-likeness (QED) is 0.123. The van der Waals surface area contributed by atoms with Crippen LogP contribution in [0.15, 0.2) is 265 Å². The normalized spacial score (nSPS) is 14.4. The number of fused-ring (bicyclic) bond motifs is 12. The fraction of sp³-hybridized carbons (Fsp3) is 0. The summed E-state index contributed by atoms with van der Waals surface area (Å²) < 4.78 is 7.43. The van der Waals surface area contributed by atoms with Gasteiger partial charge in [0.1, 0.15) is 15.9 Å². The van der Waals surface area contributed by atoms with Crippen LogP contribution in [-0.4, -0.2) is 13.7 Å². The molecule has 0 bridgehead atoms. The minimum atomic E-state index is -2.44. The predicted octanol–water partition coefficient (Wildman–Crippen LogP) is 17.0. The number of thiol groups is 1. The molecule has 1 aliphatic rings. The number of hydrogen-bond acceptors (Lipinski definition) is 3. The third kappa shape index (κ3) is 6.41. The first-order valence-electron chi connectivity index (χ1n) is 24.7. The monoisotopic (exact) mass is 987 g/mol. The van der Waals surface area contributed by atoms with Gasteiger partial charge in [-0.3, -0.25) is 0 Å². The van der Waals surface area contributed by atoms with Gasteiger partial charge < -0.3 is 19.0 Å². The Labute approximate surface area is 432 Å². The smallest absolute Gasteiger partial charge is 0.169 e. The standard InChI is InChI=1S/C66H44N4PS2/c72-71(47-23-8-3-9-24-47)60-39-35-45(69-56-32-15-11-26-49(56)52-30-18-29-51(65(52)69)48-25-10-14-31-55(48)67-43-19-4-1-5-20-43)41-62(60)73-63-42-46(36-40-61(63)71)70-57-33-16-12-27-50(57)53-37-38-59-64(66(53)70)54-28-13-17-34-58(54)68(59)44-21-6-2-7-22-44/h1-42,67,72H/q+1. The highest BCUT2D eigenvalue weighted by Gasteiger charge is 2.49. The highest BCUT2D eigenvalue weighted by Crippen LogP contribution is 2.65. The molecule has 0 spiro atoms. The van der Waals surface area contributed by atoms with E-state index in [0.717, 1.165) is 34.0 Å². The fourth-order valence-electron chi connectivity index (χ4n) is 11.8. The molecule has 14 aromatic rings. The second kappa shape index (κ2) is 16.7. The number of benzene rings is 11. The van der Waals surface area contributed by atoms with E-state index in [9.17, 15) is 0 Å². The summed E-state index contributed by atoms with van der Waals surface area (Å²) in [7, 11) is 0. The Morgan fingerprint density at radius 1 is 0.356 bits per heavy atom. The van der Waals surface area contributed by atoms with Gasteiger partial charge in [0.2, 0.25) is 0 Å². The minimum absolute atomic E-state index is 1.05. The first kappa shape index (κ1) is 42.4. The lowest BCUT2D eigenvalue weighted by molar-refractivity contribution is 1.16. The van der Waals surface area contributed by atoms with E-state index >= 15 is 0 Å². The van der Waals surface area contributed by atoms with Crippen molar-refractivity contribution in [1.82, 2.24) is 13.7 Å². The van der Waals surface area contributed by atoms with Gasteiger partial charge in [-0.05, 0) is 103 Å². The maximum atomic E-state index is 5.97. The summed E-state index contributed by atoms with van der Waals surface area (Å²) in [6.45, 7) is -2.44. The van der Waals surface area contributed by atoms with Crippen LogP contribution in [0.5, 0.6) is 0 Å². The predicted molar refractivity (Wildman–Crippen MR) is 316 cm³/mol. The summed E-state index contributed by atoms with van der Waals surface area (Å²) in [5, 5.41) is 14.9. The number of aromatic nitrogens is 3. The van der Waals surface area contributed by atoms with Crippen molar-refractivity contribution in [2.24, 2.45) is 0 Å². The van der Waals surface area contributed by atoms with Crippen LogP contribution in [0.25, 0.3) is 93.6 Å². The summed E-state index contributed by atoms with van der Waals surface area (Å²) in [5.74, 6) is 0. The van der Waals surface area contributed by atoms with Crippen LogP contribution in [0, 0.1) is 0 Å². The summed E-state index contributed by atoms with van der Waals surface area (Å²) in [4.78, 5) is 2.45. The molecular formula is C66H44N4PS2+. The van der Waals surface area contributed by atoms with Gasteiger partial charge >= 0.3 is 0 Å². The molecule has 344 valence electrons. The van der Waals surface area contributed by atoms with Crippen LogP contribution in [0.1, 0.15) is 0 Å². The van der Waals surface area contributed by atoms with Crippen LogP contribution in [0.4, 0.5) is 11.4 Å². The third-order valence-electron chi connectivity index (χ3n) is 14.9. The maximum Gasteiger partial charge on any atom is 0.169 e. The SMILES string of the molecule is S[P+]1(c2ccccc2)c2ccc(-n3c4ccccc4c4cccc(-c5ccccc5Nc5ccccc5)c43)cc2Sc2cc(-n3c4ccccc4c4ccc5c(c6ccccc6n5-c5ccccc5)c43)ccc21. The third-order valence-corrected chi connectivity index (χ3v) is 21.5. The van der Waals surface area contributed by atoms with E-state index in [1.165, 1.54) is 96.7 Å². The highest BCUT2D eigenvalue weighted by molar-refractivity contribution is 8.61. The Morgan fingerprint density at radius 2 is 0.863 bits per heavy atom. The molecule has 0 fully saturated rings. The number of para-hydroxylation sites is 7. The zero-order chi connectivity index (χ0) is 48.2. The second-order valence-electron chi connectivity index (χ2n) is 18.9. The van der Waals surface area contributed by atoms with Gasteiger partial charge in [-0.15, -0.1) is 0 Å². The van der Waals surface area contributed by atoms with Crippen LogP contribution < -0.4 is 21.2 Å². The van der Waals surface area contributed by atoms with Crippen LogP contribution in [0.2, 0.25) is 0 Å². The maximum absolute atomic E-state index is 5.97. The number of nitrogens with one attached hydrogen (secondary N) is 1. The lowest BCUT2D eigenvalue weighted by atomic mass is 10.00. The number of hydrogen-bond donors (Lipinski definition) is 2. The van der Waals surface area contributed by atoms with Crippen molar-refractivity contribution in [3.63, 3.8) is 0 Å². The summed E-state index contributed by atoms with van der Waals surface area (Å²) >= 11 is 7.84. The van der Waals surface area contributed by atoms with Crippen LogP contribution in [0.3, 0.4) is 0 Å². The van der Waals surface area contributed by atoms with Gasteiger partial charge in [-0.2, -0.15) is 0 Å². The Hall–Kier alpha value is -8.25. The zero-order valence-electron chi connectivity index (χ0n) is 39.4. The summed E-state index contributed by atoms with van der Waals surface area (Å²) in [5.41, 5.74) is 14.9. The average molecular weight is 988 g/mol. The van der Waals surface area contributed by atoms with Crippen molar-refractivity contribution in [2.75, 3.05) is 5.32 Å². The Kier molecular flexibility index (Phi) is 9.68. The largest absolute Gasteiger partial charge is 0.355 e. The van der Waals surface area contributed by atoms with Crippen molar-refractivity contribution >= 4 is 123 Å². The molecule has 1 atom stereocenters. The van der Waals surface area contributed by atoms with Crippen LogP contribution in [-0.2, 0) is 0 Å². The molecule has 4 nitrogen and oxygen atoms in total. The van der Waals surface area contributed by atoms with E-state index in [0.29, 0.717) is 0 Å². The van der Waals surface area contributed by atoms with Crippen molar-refractivity contribution < 1.29 is 0 Å². The Bertz CT molecular complexity index is 4520. The Balaban J connectivity index is 0.952. The molecule has 11 aromatic carbocycles. The molecule has 73 heavy (non-hydrogen) atoms. The molecule has 1 unspecified atom stereocenters. The van der Waals surface area contributed by atoms with Gasteiger partial charge in [0, 0.05) is 84.1 Å². The van der Waals surface area contributed by atoms with E-state index in [1.54, 1.807) is 0 Å². The lowest BCUT2D eigenvalue weighted by Gasteiger charge is -2.30. The molecule has 0 saturated carbocycles. The number of nitrogens with zero attached hydrogens (tertiary/aromatic N) is 3. The number of anilines is 2. The van der Waals surface area contributed by atoms with E-state index in [4.69, 9.17) is 12.2 Å². The van der Waals surface area contributed by atoms with Gasteiger partial charge in [-0.1, -0.05) is 163 Å². The van der Waals surface area contributed by atoms with Crippen molar-refractivity contribution in [3.8, 4) is 28.2 Å². The second-order valence-corrected chi connectivity index (χ2v) is 24.5. The summed E-state index contributed by atoms with van der Waals surface area (Å²) in [6.07, 6.45) is 0. The molecule has 3 aromatic heterocycles. The highest BCUT2D eigenvalue weighted by atomic mass is 32.7. The van der Waals surface area contributed by atoms with Gasteiger partial charge in [0.25, 0.3) is 0 Å². The molecule has 7 heteroatoms. The molecule has 0 radical (unpaired) electrons. The van der Waals surface area contributed by atoms with Crippen molar-refractivity contribution in [1.29, 1.82) is 0 Å². The topological polar surface area (TPSA) is 26.8 Å². The molecule has 1 aliphatic heterocycles. The van der Waals surface area contributed by atoms with E-state index in [1.807, 2.05) is 11.8 Å².